The second kappa shape index (κ2) is 11.0. The molecule has 1 aliphatic heterocycles. The Morgan fingerprint density at radius 1 is 0.519 bits per heavy atom. The van der Waals surface area contributed by atoms with E-state index in [1.807, 2.05) is 17.4 Å². The second-order valence-corrected chi connectivity index (χ2v) is 19.9. The van der Waals surface area contributed by atoms with Crippen molar-refractivity contribution in [3.63, 3.8) is 0 Å². The van der Waals surface area contributed by atoms with Gasteiger partial charge >= 0.3 is 0 Å². The molecule has 10 aromatic rings. The van der Waals surface area contributed by atoms with E-state index in [0.717, 1.165) is 39.0 Å². The van der Waals surface area contributed by atoms with Crippen molar-refractivity contribution >= 4 is 99.7 Å². The summed E-state index contributed by atoms with van der Waals surface area (Å²) < 4.78 is 9.45. The van der Waals surface area contributed by atoms with Crippen LogP contribution in [0.2, 0.25) is 13.1 Å². The predicted octanol–water partition coefficient (Wildman–Crippen LogP) is 13.0. The molecule has 2 nitrogen and oxygen atoms in total. The third-order valence-corrected chi connectivity index (χ3v) is 16.0. The molecular weight excluding hydrogens is 667 g/mol. The van der Waals surface area contributed by atoms with Crippen LogP contribution in [0.15, 0.2) is 168 Å². The molecule has 3 heterocycles. The van der Waals surface area contributed by atoms with Crippen molar-refractivity contribution in [1.82, 2.24) is 0 Å². The molecule has 0 bridgehead atoms. The maximum absolute atomic E-state index is 6.68. The molecule has 1 aliphatic rings. The molecule has 11 rings (SSSR count). The highest BCUT2D eigenvalue weighted by molar-refractivity contribution is 7.26. The minimum absolute atomic E-state index is 0.897. The van der Waals surface area contributed by atoms with E-state index in [1.54, 1.807) is 0 Å². The molecule has 0 saturated carbocycles. The van der Waals surface area contributed by atoms with Crippen molar-refractivity contribution in [3.8, 4) is 22.3 Å². The van der Waals surface area contributed by atoms with Crippen LogP contribution < -0.4 is 15.3 Å². The van der Waals surface area contributed by atoms with Crippen LogP contribution in [0.1, 0.15) is 0 Å². The van der Waals surface area contributed by atoms with E-state index >= 15 is 0 Å². The molecule has 0 aliphatic carbocycles. The molecule has 8 aromatic carbocycles. The zero-order valence-electron chi connectivity index (χ0n) is 28.9. The summed E-state index contributed by atoms with van der Waals surface area (Å²) in [6.45, 7) is 5.04. The van der Waals surface area contributed by atoms with Gasteiger partial charge in [-0.15, -0.1) is 11.3 Å². The number of rotatable bonds is 4. The average Bonchev–Trinajstić information content (AvgIpc) is 3.83. The maximum Gasteiger partial charge on any atom is 0.159 e. The molecule has 0 radical (unpaired) electrons. The molecule has 2 aromatic heterocycles. The van der Waals surface area contributed by atoms with Gasteiger partial charge in [0, 0.05) is 42.3 Å². The topological polar surface area (TPSA) is 16.4 Å². The van der Waals surface area contributed by atoms with Crippen molar-refractivity contribution in [2.75, 3.05) is 4.90 Å². The number of benzene rings is 8. The SMILES string of the molecule is C[Si]1(C)c2cc(N(c3ccc(-c4cccc5ccccc45)cc3)c3cccc4c3oc3ccccc34)ccc2-c2c1ccc1c2sc2ccccc21. The Morgan fingerprint density at radius 2 is 1.23 bits per heavy atom. The summed E-state index contributed by atoms with van der Waals surface area (Å²) in [5, 5.41) is 10.5. The maximum atomic E-state index is 6.68. The van der Waals surface area contributed by atoms with Crippen LogP contribution >= 0.6 is 11.3 Å². The largest absolute Gasteiger partial charge is 0.454 e. The van der Waals surface area contributed by atoms with Gasteiger partial charge in [0.2, 0.25) is 0 Å². The summed E-state index contributed by atoms with van der Waals surface area (Å²) in [5.74, 6) is 0. The Morgan fingerprint density at radius 3 is 2.12 bits per heavy atom. The zero-order valence-corrected chi connectivity index (χ0v) is 30.7. The molecule has 0 fully saturated rings. The summed E-state index contributed by atoms with van der Waals surface area (Å²) >= 11 is 1.94. The third-order valence-electron chi connectivity index (χ3n) is 11.3. The summed E-state index contributed by atoms with van der Waals surface area (Å²) in [7, 11) is -2.03. The van der Waals surface area contributed by atoms with Crippen molar-refractivity contribution < 1.29 is 4.42 Å². The molecular formula is C48H33NOSSi. The number of fused-ring (bicyclic) bond motifs is 11. The lowest BCUT2D eigenvalue weighted by Gasteiger charge is -2.28. The Kier molecular flexibility index (Phi) is 6.31. The van der Waals surface area contributed by atoms with E-state index in [1.165, 1.54) is 63.6 Å². The van der Waals surface area contributed by atoms with E-state index in [0.29, 0.717) is 0 Å². The molecule has 0 unspecified atom stereocenters. The van der Waals surface area contributed by atoms with Gasteiger partial charge < -0.3 is 9.32 Å². The minimum atomic E-state index is -2.03. The Balaban J connectivity index is 1.12. The highest BCUT2D eigenvalue weighted by Gasteiger charge is 2.39. The highest BCUT2D eigenvalue weighted by Crippen LogP contribution is 2.46. The number of anilines is 3. The van der Waals surface area contributed by atoms with Gasteiger partial charge in [0.1, 0.15) is 13.7 Å². The normalized spacial score (nSPS) is 13.3. The van der Waals surface area contributed by atoms with Gasteiger partial charge in [-0.25, -0.2) is 0 Å². The van der Waals surface area contributed by atoms with Gasteiger partial charge in [0.15, 0.2) is 5.58 Å². The lowest BCUT2D eigenvalue weighted by atomic mass is 9.98. The lowest BCUT2D eigenvalue weighted by molar-refractivity contribution is 0.669. The first-order chi connectivity index (χ1) is 25.5. The standard InChI is InChI=1S/C48H33NOSSi/c1-52(2)44-28-27-39-37-15-6-8-20-43(37)51-48(39)46(44)40-26-25-33(29-45(40)52)49(41-18-10-17-38-36-14-5-7-19-42(36)50-47(38)41)32-23-21-31(22-24-32)35-16-9-12-30-11-3-4-13-34(30)35/h3-29H,1-2H3. The monoisotopic (exact) mass is 699 g/mol. The second-order valence-electron chi connectivity index (χ2n) is 14.5. The Hall–Kier alpha value is -5.94. The first-order valence-corrected chi connectivity index (χ1v) is 21.7. The molecule has 4 heteroatoms. The molecule has 246 valence electrons. The fourth-order valence-electron chi connectivity index (χ4n) is 8.73. The zero-order chi connectivity index (χ0) is 34.6. The van der Waals surface area contributed by atoms with Crippen LogP contribution in [0, 0.1) is 0 Å². The van der Waals surface area contributed by atoms with E-state index < -0.39 is 8.07 Å². The van der Waals surface area contributed by atoms with Gasteiger partial charge in [0.05, 0.1) is 5.69 Å². The van der Waals surface area contributed by atoms with Gasteiger partial charge in [-0.1, -0.05) is 134 Å². The Labute approximate surface area is 306 Å². The summed E-state index contributed by atoms with van der Waals surface area (Å²) in [6, 6.07) is 60.0. The number of para-hydroxylation sites is 2. The van der Waals surface area contributed by atoms with Crippen LogP contribution in [0.4, 0.5) is 17.1 Å². The highest BCUT2D eigenvalue weighted by atomic mass is 32.1. The van der Waals surface area contributed by atoms with Crippen LogP contribution in [0.25, 0.3) is 75.1 Å². The summed E-state index contributed by atoms with van der Waals surface area (Å²) in [4.78, 5) is 2.40. The number of nitrogens with zero attached hydrogens (tertiary/aromatic N) is 1. The van der Waals surface area contributed by atoms with Crippen LogP contribution in [0.5, 0.6) is 0 Å². The van der Waals surface area contributed by atoms with Crippen LogP contribution in [-0.2, 0) is 0 Å². The molecule has 52 heavy (non-hydrogen) atoms. The minimum Gasteiger partial charge on any atom is -0.454 e. The molecule has 0 spiro atoms. The average molecular weight is 700 g/mol. The van der Waals surface area contributed by atoms with Gasteiger partial charge in [-0.05, 0) is 85.9 Å². The molecule has 0 N–H and O–H groups in total. The van der Waals surface area contributed by atoms with Gasteiger partial charge in [-0.3, -0.25) is 0 Å². The molecule has 0 atom stereocenters. The quantitative estimate of drug-likeness (QED) is 0.170. The van der Waals surface area contributed by atoms with Gasteiger partial charge in [-0.2, -0.15) is 0 Å². The number of hydrogen-bond acceptors (Lipinski definition) is 3. The predicted molar refractivity (Wildman–Crippen MR) is 226 cm³/mol. The van der Waals surface area contributed by atoms with E-state index in [9.17, 15) is 0 Å². The smallest absolute Gasteiger partial charge is 0.159 e. The van der Waals surface area contributed by atoms with E-state index in [-0.39, 0.29) is 0 Å². The van der Waals surface area contributed by atoms with Crippen molar-refractivity contribution in [2.45, 2.75) is 13.1 Å². The fraction of sp³-hybridized carbons (Fsp3) is 0.0417. The third kappa shape index (κ3) is 4.22. The van der Waals surface area contributed by atoms with E-state index in [4.69, 9.17) is 4.42 Å². The molecule has 0 amide bonds. The van der Waals surface area contributed by atoms with Gasteiger partial charge in [0.25, 0.3) is 0 Å². The van der Waals surface area contributed by atoms with Crippen molar-refractivity contribution in [2.24, 2.45) is 0 Å². The fourth-order valence-corrected chi connectivity index (χ4v) is 13.2. The number of hydrogen-bond donors (Lipinski definition) is 0. The van der Waals surface area contributed by atoms with Crippen molar-refractivity contribution in [3.05, 3.63) is 164 Å². The number of thiophene rings is 1. The molecule has 0 saturated heterocycles. The summed E-state index contributed by atoms with van der Waals surface area (Å²) in [5.41, 5.74) is 10.4. The van der Waals surface area contributed by atoms with Crippen molar-refractivity contribution in [1.29, 1.82) is 0 Å². The number of furan rings is 1. The van der Waals surface area contributed by atoms with E-state index in [2.05, 4.69) is 176 Å². The van der Waals surface area contributed by atoms with Crippen LogP contribution in [-0.4, -0.2) is 8.07 Å². The first kappa shape index (κ1) is 29.8. The summed E-state index contributed by atoms with van der Waals surface area (Å²) in [6.07, 6.45) is 0. The first-order valence-electron chi connectivity index (χ1n) is 17.9. The lowest BCUT2D eigenvalue weighted by Crippen LogP contribution is -2.49. The Bertz CT molecular complexity index is 3050. The van der Waals surface area contributed by atoms with Crippen LogP contribution in [0.3, 0.4) is 0 Å².